The summed E-state index contributed by atoms with van der Waals surface area (Å²) in [5, 5.41) is 13.6. The maximum Gasteiger partial charge on any atom is 0.410 e. The minimum Gasteiger partial charge on any atom is -0.508 e. The first-order valence-corrected chi connectivity index (χ1v) is 21.9. The minimum absolute atomic E-state index is 0.0538. The number of benzene rings is 3. The fraction of sp³-hybridized carbons (Fsp3) is 0.500. The number of rotatable bonds is 8. The number of carbonyl (C=O) groups is 5. The molecule has 0 saturated carbocycles. The molecule has 358 valence electrons. The Kier molecular flexibility index (Phi) is 16.3. The highest BCUT2D eigenvalue weighted by Gasteiger charge is 2.30. The molecule has 2 aromatic carbocycles. The second-order valence-electron chi connectivity index (χ2n) is 18.9. The zero-order chi connectivity index (χ0) is 48.6. The molecular weight excluding hydrogens is 858 g/mol. The van der Waals surface area contributed by atoms with Gasteiger partial charge in [0.25, 0.3) is 5.91 Å². The fourth-order valence-electron chi connectivity index (χ4n) is 7.07. The van der Waals surface area contributed by atoms with E-state index < -0.39 is 60.2 Å². The molecule has 0 atom stereocenters. The van der Waals surface area contributed by atoms with Crippen molar-refractivity contribution >= 4 is 41.1 Å². The number of fused-ring (bicyclic) bond motifs is 2. The van der Waals surface area contributed by atoms with Gasteiger partial charge in [-0.05, 0) is 104 Å². The van der Waals surface area contributed by atoms with Crippen LogP contribution in [-0.4, -0.2) is 150 Å². The molecule has 0 aromatic heterocycles. The Morgan fingerprint density at radius 2 is 1.20 bits per heavy atom. The molecule has 0 spiro atoms. The largest absolute Gasteiger partial charge is 0.508 e. The van der Waals surface area contributed by atoms with E-state index in [2.05, 4.69) is 5.32 Å². The third kappa shape index (κ3) is 14.3. The van der Waals surface area contributed by atoms with Gasteiger partial charge in [-0.25, -0.2) is 23.6 Å². The normalized spacial score (nSPS) is 14.8. The molecule has 1 fully saturated rings. The predicted molar refractivity (Wildman–Crippen MR) is 245 cm³/mol. The molecule has 0 bridgehead atoms. The molecule has 1 saturated heterocycles. The zero-order valence-corrected chi connectivity index (χ0v) is 39.3. The Morgan fingerprint density at radius 1 is 0.682 bits per heavy atom. The molecule has 2 aliphatic heterocycles. The molecule has 66 heavy (non-hydrogen) atoms. The number of amides is 4. The molecule has 2 aromatic rings. The van der Waals surface area contributed by atoms with Crippen molar-refractivity contribution in [1.29, 1.82) is 0 Å². The van der Waals surface area contributed by atoms with E-state index in [0.717, 1.165) is 0 Å². The van der Waals surface area contributed by atoms with Crippen LogP contribution in [0.1, 0.15) is 83.0 Å². The van der Waals surface area contributed by atoms with Gasteiger partial charge in [0.15, 0.2) is 5.43 Å². The lowest BCUT2D eigenvalue weighted by Gasteiger charge is -2.35. The molecule has 4 amide bonds. The van der Waals surface area contributed by atoms with Gasteiger partial charge in [-0.3, -0.25) is 14.5 Å². The van der Waals surface area contributed by atoms with Gasteiger partial charge in [-0.15, -0.1) is 0 Å². The van der Waals surface area contributed by atoms with Crippen molar-refractivity contribution < 1.29 is 56.8 Å². The van der Waals surface area contributed by atoms with Crippen LogP contribution in [0.5, 0.6) is 5.75 Å². The number of alkyl halides is 1. The summed E-state index contributed by atoms with van der Waals surface area (Å²) >= 11 is 0. The Hall–Kier alpha value is -6.43. The fourth-order valence-corrected chi connectivity index (χ4v) is 7.07. The summed E-state index contributed by atoms with van der Waals surface area (Å²) in [6, 6.07) is 13.0. The Labute approximate surface area is 384 Å². The molecule has 17 nitrogen and oxygen atoms in total. The van der Waals surface area contributed by atoms with Crippen LogP contribution in [0.15, 0.2) is 63.8 Å². The first kappa shape index (κ1) is 50.6. The summed E-state index contributed by atoms with van der Waals surface area (Å²) in [5.41, 5.74) is -1.22. The van der Waals surface area contributed by atoms with Crippen LogP contribution in [-0.2, 0) is 18.9 Å². The molecule has 2 N–H and O–H groups in total. The third-order valence-corrected chi connectivity index (χ3v) is 10.1. The third-order valence-electron chi connectivity index (χ3n) is 10.1. The number of halogens is 1. The van der Waals surface area contributed by atoms with Crippen molar-refractivity contribution in [2.45, 2.75) is 79.1 Å². The van der Waals surface area contributed by atoms with Crippen molar-refractivity contribution in [3.63, 3.8) is 0 Å². The van der Waals surface area contributed by atoms with Gasteiger partial charge in [0.05, 0.1) is 5.56 Å². The SMILES string of the molecule is CC(C)(C)OC(=O)N1CCN(CCNC(=O)c2ccc(-c3c4ccc(=O)cc-4oc4cc(O)ccc34)c(C(=O)OCCF)c2)CCN(C(=O)OC(C)(C)C)CCN(C(=O)OC(C)(C)C)CC1. The minimum atomic E-state index is -0.936. The Morgan fingerprint density at radius 3 is 1.71 bits per heavy atom. The average Bonchev–Trinajstić information content (AvgIpc) is 3.20. The molecule has 0 radical (unpaired) electrons. The number of phenolic OH excluding ortho intramolecular Hbond substituents is 1. The van der Waals surface area contributed by atoms with Gasteiger partial charge < -0.3 is 48.5 Å². The molecule has 2 heterocycles. The van der Waals surface area contributed by atoms with E-state index in [1.54, 1.807) is 80.5 Å². The molecular formula is C48H62FN5O12. The van der Waals surface area contributed by atoms with Gasteiger partial charge in [-0.1, -0.05) is 6.07 Å². The van der Waals surface area contributed by atoms with Gasteiger partial charge >= 0.3 is 24.2 Å². The van der Waals surface area contributed by atoms with Crippen LogP contribution in [0.2, 0.25) is 0 Å². The van der Waals surface area contributed by atoms with Crippen molar-refractivity contribution in [2.24, 2.45) is 0 Å². The average molecular weight is 920 g/mol. The van der Waals surface area contributed by atoms with Crippen LogP contribution < -0.4 is 10.7 Å². The summed E-state index contributed by atoms with van der Waals surface area (Å²) in [4.78, 5) is 86.7. The first-order chi connectivity index (χ1) is 30.9. The summed E-state index contributed by atoms with van der Waals surface area (Å²) in [6.07, 6.45) is -1.74. The number of nitrogens with zero attached hydrogens (tertiary/aromatic N) is 4. The Balaban J connectivity index is 1.42. The molecule has 5 rings (SSSR count). The molecule has 18 heteroatoms. The van der Waals surface area contributed by atoms with Crippen LogP contribution >= 0.6 is 0 Å². The second-order valence-corrected chi connectivity index (χ2v) is 18.9. The number of hydrogen-bond acceptors (Lipinski definition) is 13. The zero-order valence-electron chi connectivity index (χ0n) is 39.3. The predicted octanol–water partition coefficient (Wildman–Crippen LogP) is 7.15. The summed E-state index contributed by atoms with van der Waals surface area (Å²) in [5.74, 6) is -1.34. The monoisotopic (exact) mass is 919 g/mol. The van der Waals surface area contributed by atoms with E-state index in [-0.39, 0.29) is 86.0 Å². The van der Waals surface area contributed by atoms with Crippen molar-refractivity contribution in [2.75, 3.05) is 78.7 Å². The maximum absolute atomic E-state index is 13.9. The maximum atomic E-state index is 13.9. The molecule has 3 aliphatic rings. The molecule has 1 aliphatic carbocycles. The number of nitrogens with one attached hydrogen (secondary N) is 1. The van der Waals surface area contributed by atoms with Gasteiger partial charge in [0.2, 0.25) is 0 Å². The van der Waals surface area contributed by atoms with Gasteiger partial charge in [0.1, 0.15) is 47.2 Å². The standard InChI is InChI=1S/C48H62FN5O12/c1-46(2,3)64-43(59)52-21-19-51(20-22-53(44(60)65-47(4,5)6)24-26-54(25-23-52)45(61)66-48(7,8)9)18-17-50-41(57)31-10-13-34(37(28-31)42(58)62-27-16-49)40-35-14-11-32(55)29-38(35)63-39-30-33(56)12-15-36(39)40/h10-15,28-30,55H,16-27H2,1-9H3,(H,50,57). The lowest BCUT2D eigenvalue weighted by Crippen LogP contribution is -2.51. The Bertz CT molecular complexity index is 2370. The lowest BCUT2D eigenvalue weighted by molar-refractivity contribution is 0.00476. The van der Waals surface area contributed by atoms with Crippen LogP contribution in [0, 0.1) is 0 Å². The van der Waals surface area contributed by atoms with E-state index in [4.69, 9.17) is 23.4 Å². The van der Waals surface area contributed by atoms with Gasteiger partial charge in [-0.2, -0.15) is 0 Å². The number of carbonyl (C=O) groups excluding carboxylic acids is 5. The number of hydrogen-bond donors (Lipinski definition) is 2. The summed E-state index contributed by atoms with van der Waals surface area (Å²) < 4.78 is 41.6. The number of aromatic hydroxyl groups is 1. The number of esters is 1. The van der Waals surface area contributed by atoms with Gasteiger partial charge in [0, 0.05) is 99.7 Å². The molecule has 0 unspecified atom stereocenters. The van der Waals surface area contributed by atoms with Crippen molar-refractivity contribution in [3.8, 4) is 28.2 Å². The highest BCUT2D eigenvalue weighted by Crippen LogP contribution is 2.42. The van der Waals surface area contributed by atoms with Crippen molar-refractivity contribution in [3.05, 3.63) is 75.9 Å². The van der Waals surface area contributed by atoms with Crippen LogP contribution in [0.3, 0.4) is 0 Å². The summed E-state index contributed by atoms with van der Waals surface area (Å²) in [6.45, 7) is 16.0. The summed E-state index contributed by atoms with van der Waals surface area (Å²) in [7, 11) is 0. The van der Waals surface area contributed by atoms with E-state index in [1.807, 2.05) is 4.90 Å². The first-order valence-electron chi connectivity index (χ1n) is 21.9. The highest BCUT2D eigenvalue weighted by atomic mass is 19.1. The van der Waals surface area contributed by atoms with Crippen LogP contribution in [0.4, 0.5) is 18.8 Å². The van der Waals surface area contributed by atoms with E-state index >= 15 is 0 Å². The van der Waals surface area contributed by atoms with E-state index in [1.165, 1.54) is 51.1 Å². The smallest absolute Gasteiger partial charge is 0.410 e. The van der Waals surface area contributed by atoms with Crippen molar-refractivity contribution in [1.82, 2.24) is 24.9 Å². The van der Waals surface area contributed by atoms with Crippen LogP contribution in [0.25, 0.3) is 33.4 Å². The van der Waals surface area contributed by atoms with E-state index in [0.29, 0.717) is 35.2 Å². The van der Waals surface area contributed by atoms with E-state index in [9.17, 15) is 38.3 Å². The highest BCUT2D eigenvalue weighted by molar-refractivity contribution is 6.09. The second kappa shape index (κ2) is 21.3. The number of phenols is 1. The quantitative estimate of drug-likeness (QED) is 0.103. The lowest BCUT2D eigenvalue weighted by atomic mass is 9.89. The number of ether oxygens (including phenoxy) is 4. The topological polar surface area (TPSA) is 198 Å².